The van der Waals surface area contributed by atoms with E-state index >= 15 is 0 Å². The van der Waals surface area contributed by atoms with Gasteiger partial charge in [-0.25, -0.2) is 8.78 Å². The van der Waals surface area contributed by atoms with E-state index in [1.54, 1.807) is 12.1 Å². The van der Waals surface area contributed by atoms with Gasteiger partial charge in [0.25, 0.3) is 0 Å². The molecule has 2 aromatic carbocycles. The molecule has 1 atom stereocenters. The van der Waals surface area contributed by atoms with E-state index in [-0.39, 0.29) is 22.5 Å². The fourth-order valence-corrected chi connectivity index (χ4v) is 4.18. The van der Waals surface area contributed by atoms with Crippen LogP contribution in [0.25, 0.3) is 0 Å². The summed E-state index contributed by atoms with van der Waals surface area (Å²) in [6.07, 6.45) is 5.28. The number of hydrogen-bond acceptors (Lipinski definition) is 4. The summed E-state index contributed by atoms with van der Waals surface area (Å²) in [4.78, 5) is 23.0. The Morgan fingerprint density at radius 3 is 2.17 bits per heavy atom. The van der Waals surface area contributed by atoms with Crippen molar-refractivity contribution in [2.45, 2.75) is 80.2 Å². The van der Waals surface area contributed by atoms with Crippen LogP contribution in [0.3, 0.4) is 0 Å². The molecule has 2 amide bonds. The molecular weight excluding hydrogens is 581 g/mol. The van der Waals surface area contributed by atoms with Crippen molar-refractivity contribution >= 4 is 41.7 Å². The van der Waals surface area contributed by atoms with Gasteiger partial charge >= 0.3 is 0 Å². The Bertz CT molecular complexity index is 1040. The van der Waals surface area contributed by atoms with Crippen LogP contribution in [0, 0.1) is 17.0 Å². The van der Waals surface area contributed by atoms with Gasteiger partial charge in [-0.05, 0) is 66.6 Å². The van der Waals surface area contributed by atoms with Crippen molar-refractivity contribution < 1.29 is 18.4 Å². The van der Waals surface area contributed by atoms with Crippen LogP contribution in [-0.4, -0.2) is 50.4 Å². The number of nitrogens with zero attached hydrogens (tertiary/aromatic N) is 1. The lowest BCUT2D eigenvalue weighted by molar-refractivity contribution is -0.109. The van der Waals surface area contributed by atoms with Gasteiger partial charge in [0.05, 0.1) is 10.0 Å². The Kier molecular flexibility index (Phi) is 21.1. The van der Waals surface area contributed by atoms with Crippen LogP contribution in [0.4, 0.5) is 14.5 Å². The number of benzene rings is 2. The summed E-state index contributed by atoms with van der Waals surface area (Å²) < 4.78 is 27.6. The molecule has 238 valence electrons. The van der Waals surface area contributed by atoms with Crippen molar-refractivity contribution in [3.8, 4) is 0 Å². The number of nitrogens with one attached hydrogen (secondary N) is 3. The highest BCUT2D eigenvalue weighted by atomic mass is 35.5. The van der Waals surface area contributed by atoms with Crippen molar-refractivity contribution in [1.29, 1.82) is 0 Å². The Hall–Kier alpha value is -2.26. The second-order valence-corrected chi connectivity index (χ2v) is 12.1. The van der Waals surface area contributed by atoms with Gasteiger partial charge in [0.2, 0.25) is 12.8 Å². The van der Waals surface area contributed by atoms with Crippen LogP contribution in [-0.2, 0) is 16.1 Å². The molecule has 1 aliphatic heterocycles. The van der Waals surface area contributed by atoms with Crippen LogP contribution in [0.15, 0.2) is 30.3 Å². The third kappa shape index (κ3) is 17.6. The van der Waals surface area contributed by atoms with Crippen molar-refractivity contribution in [2.75, 3.05) is 38.0 Å². The molecule has 2 aromatic rings. The molecule has 0 spiro atoms. The first-order valence-electron chi connectivity index (χ1n) is 14.6. The highest BCUT2D eigenvalue weighted by Gasteiger charge is 2.14. The number of piperidine rings is 1. The largest absolute Gasteiger partial charge is 0.357 e. The van der Waals surface area contributed by atoms with E-state index in [0.717, 1.165) is 19.5 Å². The minimum absolute atomic E-state index is 0.0718. The Morgan fingerprint density at radius 2 is 1.60 bits per heavy atom. The van der Waals surface area contributed by atoms with Crippen molar-refractivity contribution in [2.24, 2.45) is 5.41 Å². The van der Waals surface area contributed by atoms with Crippen molar-refractivity contribution in [3.63, 3.8) is 0 Å². The summed E-state index contributed by atoms with van der Waals surface area (Å²) in [7, 11) is 0. The number of likely N-dealkylation sites (tertiary alicyclic amines) is 1. The maximum Gasteiger partial charge on any atom is 0.211 e. The van der Waals surface area contributed by atoms with Gasteiger partial charge < -0.3 is 20.9 Å². The van der Waals surface area contributed by atoms with E-state index in [0.29, 0.717) is 35.2 Å². The van der Waals surface area contributed by atoms with Crippen molar-refractivity contribution in [3.05, 3.63) is 63.1 Å². The van der Waals surface area contributed by atoms with Gasteiger partial charge in [0.15, 0.2) is 0 Å². The van der Waals surface area contributed by atoms with Crippen LogP contribution in [0.5, 0.6) is 0 Å². The molecule has 0 aromatic heterocycles. The molecule has 1 unspecified atom stereocenters. The first-order valence-corrected chi connectivity index (χ1v) is 15.3. The Morgan fingerprint density at radius 1 is 0.976 bits per heavy atom. The molecule has 3 N–H and O–H groups in total. The predicted octanol–water partition coefficient (Wildman–Crippen LogP) is 8.03. The summed E-state index contributed by atoms with van der Waals surface area (Å²) in [6.45, 7) is 19.6. The van der Waals surface area contributed by atoms with Gasteiger partial charge in [-0.1, -0.05) is 90.2 Å². The average molecular weight is 632 g/mol. The zero-order chi connectivity index (χ0) is 32.1. The average Bonchev–Trinajstić information content (AvgIpc) is 2.94. The summed E-state index contributed by atoms with van der Waals surface area (Å²) >= 11 is 11.5. The monoisotopic (exact) mass is 630 g/mol. The van der Waals surface area contributed by atoms with Gasteiger partial charge in [0.1, 0.15) is 11.6 Å². The Balaban J connectivity index is 0.000000770. The molecule has 1 aliphatic rings. The van der Waals surface area contributed by atoms with E-state index in [4.69, 9.17) is 23.2 Å². The zero-order valence-corrected chi connectivity index (χ0v) is 27.8. The normalized spacial score (nSPS) is 13.6. The molecule has 42 heavy (non-hydrogen) atoms. The zero-order valence-electron chi connectivity index (χ0n) is 26.3. The molecule has 0 radical (unpaired) electrons. The number of rotatable bonds is 11. The second-order valence-electron chi connectivity index (χ2n) is 11.3. The first kappa shape index (κ1) is 39.7. The third-order valence-corrected chi connectivity index (χ3v) is 6.32. The van der Waals surface area contributed by atoms with E-state index < -0.39 is 11.6 Å². The lowest BCUT2D eigenvalue weighted by Crippen LogP contribution is -2.35. The second kappa shape index (κ2) is 22.3. The molecule has 1 saturated heterocycles. The molecule has 6 nitrogen and oxygen atoms in total. The molecule has 10 heteroatoms. The van der Waals surface area contributed by atoms with Crippen LogP contribution >= 0.6 is 23.2 Å². The molecular formula is C32H50Cl2F2N4O2. The number of carbonyl (C=O) groups is 2. The molecule has 1 heterocycles. The van der Waals surface area contributed by atoms with Crippen molar-refractivity contribution in [1.82, 2.24) is 15.5 Å². The fraction of sp³-hybridized carbons (Fsp3) is 0.562. The van der Waals surface area contributed by atoms with Gasteiger partial charge in [-0.15, -0.1) is 0 Å². The van der Waals surface area contributed by atoms with Crippen LogP contribution < -0.4 is 16.0 Å². The lowest BCUT2D eigenvalue weighted by Gasteiger charge is -2.25. The third-order valence-electron chi connectivity index (χ3n) is 5.74. The minimum atomic E-state index is -0.571. The summed E-state index contributed by atoms with van der Waals surface area (Å²) in [5.74, 6) is -1.14. The lowest BCUT2D eigenvalue weighted by atomic mass is 10.0. The number of amides is 2. The Labute approximate surface area is 261 Å². The number of anilines is 1. The maximum absolute atomic E-state index is 14.0. The SMILES string of the molecule is CC.CC(C)(C)C.CC(CNCc1cc(F)c(Cl)cc1NC=O)c1cccc(Cl)c1F.O=CNCCN1CCCCC1. The molecule has 0 aliphatic carbocycles. The number of carbonyl (C=O) groups excluding carboxylic acids is 2. The van der Waals surface area contributed by atoms with Crippen LogP contribution in [0.1, 0.15) is 84.8 Å². The first-order chi connectivity index (χ1) is 19.9. The highest BCUT2D eigenvalue weighted by molar-refractivity contribution is 6.31. The quantitative estimate of drug-likeness (QED) is 0.174. The predicted molar refractivity (Wildman–Crippen MR) is 173 cm³/mol. The fourth-order valence-electron chi connectivity index (χ4n) is 3.83. The molecule has 3 rings (SSSR count). The van der Waals surface area contributed by atoms with Crippen LogP contribution in [0.2, 0.25) is 10.0 Å². The topological polar surface area (TPSA) is 73.5 Å². The van der Waals surface area contributed by atoms with Gasteiger partial charge in [-0.2, -0.15) is 0 Å². The number of hydrogen-bond donors (Lipinski definition) is 3. The van der Waals surface area contributed by atoms with Gasteiger partial charge in [0, 0.05) is 31.9 Å². The number of halogens is 4. The summed E-state index contributed by atoms with van der Waals surface area (Å²) in [5.41, 5.74) is 1.97. The minimum Gasteiger partial charge on any atom is -0.357 e. The molecule has 0 bridgehead atoms. The van der Waals surface area contributed by atoms with E-state index in [9.17, 15) is 18.4 Å². The smallest absolute Gasteiger partial charge is 0.211 e. The summed E-state index contributed by atoms with van der Waals surface area (Å²) in [5, 5.41) is 8.28. The van der Waals surface area contributed by atoms with E-state index in [1.165, 1.54) is 50.6 Å². The maximum atomic E-state index is 14.0. The van der Waals surface area contributed by atoms with Gasteiger partial charge in [-0.3, -0.25) is 9.59 Å². The standard InChI is InChI=1S/C17H16Cl2F2N2O.C8H16N2O.C5H12.C2H6/c1-10(12-3-2-4-13(18)17(12)21)7-22-8-11-5-15(20)14(19)6-16(11)23-9-24;11-8-9-4-7-10-5-2-1-3-6-10;1-5(2,3)4;1-2/h2-6,9-10,22H,7-8H2,1H3,(H,23,24);8H,1-7H2,(H,9,11);1-4H3;1-2H3. The van der Waals surface area contributed by atoms with E-state index in [2.05, 4.69) is 48.5 Å². The summed E-state index contributed by atoms with van der Waals surface area (Å²) in [6, 6.07) is 7.47. The highest BCUT2D eigenvalue weighted by Crippen LogP contribution is 2.26. The molecule has 1 fully saturated rings. The van der Waals surface area contributed by atoms with E-state index in [1.807, 2.05) is 20.8 Å². The molecule has 0 saturated carbocycles.